The van der Waals surface area contributed by atoms with Gasteiger partial charge in [-0.15, -0.1) is 11.3 Å². The molecule has 0 aromatic carbocycles. The van der Waals surface area contributed by atoms with Crippen LogP contribution in [0.5, 0.6) is 0 Å². The van der Waals surface area contributed by atoms with Crippen LogP contribution in [0.15, 0.2) is 5.38 Å². The van der Waals surface area contributed by atoms with Crippen LogP contribution in [0.3, 0.4) is 0 Å². The fourth-order valence-electron chi connectivity index (χ4n) is 2.15. The summed E-state index contributed by atoms with van der Waals surface area (Å²) in [7, 11) is 0. The van der Waals surface area contributed by atoms with E-state index in [1.807, 2.05) is 6.92 Å². The molecule has 0 spiro atoms. The minimum absolute atomic E-state index is 0.313. The van der Waals surface area contributed by atoms with Crippen LogP contribution in [0, 0.1) is 0 Å². The monoisotopic (exact) mass is 268 g/mol. The highest BCUT2D eigenvalue weighted by atomic mass is 32.1. The maximum Gasteiger partial charge on any atom is 0.357 e. The fourth-order valence-corrected chi connectivity index (χ4v) is 3.00. The Bertz CT molecular complexity index is 384. The molecule has 0 saturated carbocycles. The molecule has 5 heteroatoms. The Balaban J connectivity index is 2.01. The lowest BCUT2D eigenvalue weighted by atomic mass is 10.1. The zero-order valence-electron chi connectivity index (χ0n) is 10.9. The van der Waals surface area contributed by atoms with Crippen LogP contribution >= 0.6 is 11.3 Å². The molecule has 4 nitrogen and oxygen atoms in total. The zero-order valence-corrected chi connectivity index (χ0v) is 11.7. The van der Waals surface area contributed by atoms with Gasteiger partial charge in [0.15, 0.2) is 10.8 Å². The minimum atomic E-state index is -0.313. The van der Waals surface area contributed by atoms with Gasteiger partial charge in [-0.1, -0.05) is 19.3 Å². The van der Waals surface area contributed by atoms with E-state index in [0.29, 0.717) is 12.3 Å². The van der Waals surface area contributed by atoms with Crippen LogP contribution < -0.4 is 4.90 Å². The number of esters is 1. The van der Waals surface area contributed by atoms with Gasteiger partial charge in [0.05, 0.1) is 6.61 Å². The van der Waals surface area contributed by atoms with E-state index >= 15 is 0 Å². The standard InChI is InChI=1S/C13H20N2O2S/c1-2-17-12(16)11-10-18-13(14-11)15-8-6-4-3-5-7-9-15/h10H,2-9H2,1H3. The van der Waals surface area contributed by atoms with E-state index in [9.17, 15) is 4.79 Å². The molecule has 2 rings (SSSR count). The second-order valence-electron chi connectivity index (χ2n) is 4.49. The third kappa shape index (κ3) is 3.45. The van der Waals surface area contributed by atoms with Gasteiger partial charge < -0.3 is 9.64 Å². The van der Waals surface area contributed by atoms with Crippen molar-refractivity contribution in [3.8, 4) is 0 Å². The summed E-state index contributed by atoms with van der Waals surface area (Å²) in [6, 6.07) is 0. The zero-order chi connectivity index (χ0) is 12.8. The molecule has 18 heavy (non-hydrogen) atoms. The fraction of sp³-hybridized carbons (Fsp3) is 0.692. The van der Waals surface area contributed by atoms with E-state index < -0.39 is 0 Å². The smallest absolute Gasteiger partial charge is 0.357 e. The Morgan fingerprint density at radius 1 is 1.33 bits per heavy atom. The van der Waals surface area contributed by atoms with Gasteiger partial charge in [-0.25, -0.2) is 9.78 Å². The number of hydrogen-bond donors (Lipinski definition) is 0. The molecular weight excluding hydrogens is 248 g/mol. The average molecular weight is 268 g/mol. The number of anilines is 1. The van der Waals surface area contributed by atoms with Crippen molar-refractivity contribution in [3.05, 3.63) is 11.1 Å². The van der Waals surface area contributed by atoms with Crippen molar-refractivity contribution in [1.29, 1.82) is 0 Å². The summed E-state index contributed by atoms with van der Waals surface area (Å²) in [6.07, 6.45) is 6.38. The van der Waals surface area contributed by atoms with Crippen molar-refractivity contribution in [1.82, 2.24) is 4.98 Å². The molecule has 2 heterocycles. The first-order valence-corrected chi connectivity index (χ1v) is 7.57. The largest absolute Gasteiger partial charge is 0.461 e. The van der Waals surface area contributed by atoms with Crippen LogP contribution in [0.4, 0.5) is 5.13 Å². The van der Waals surface area contributed by atoms with Crippen LogP contribution in [-0.2, 0) is 4.74 Å². The quantitative estimate of drug-likeness (QED) is 0.790. The molecule has 0 atom stereocenters. The number of ether oxygens (including phenoxy) is 1. The first-order valence-electron chi connectivity index (χ1n) is 6.69. The molecule has 1 aromatic rings. The van der Waals surface area contributed by atoms with E-state index in [-0.39, 0.29) is 5.97 Å². The van der Waals surface area contributed by atoms with E-state index in [2.05, 4.69) is 9.88 Å². The van der Waals surface area contributed by atoms with Crippen LogP contribution in [0.1, 0.15) is 49.5 Å². The molecule has 100 valence electrons. The summed E-state index contributed by atoms with van der Waals surface area (Å²) in [5.74, 6) is -0.313. The predicted molar refractivity (Wildman–Crippen MR) is 73.4 cm³/mol. The molecule has 1 fully saturated rings. The number of hydrogen-bond acceptors (Lipinski definition) is 5. The van der Waals surface area contributed by atoms with Crippen molar-refractivity contribution in [2.45, 2.75) is 39.0 Å². The van der Waals surface area contributed by atoms with Crippen molar-refractivity contribution in [2.24, 2.45) is 0 Å². The first kappa shape index (κ1) is 13.3. The number of carbonyl (C=O) groups is 1. The topological polar surface area (TPSA) is 42.4 Å². The highest BCUT2D eigenvalue weighted by molar-refractivity contribution is 7.13. The Kier molecular flexibility index (Phi) is 4.99. The Hall–Kier alpha value is -1.10. The van der Waals surface area contributed by atoms with Gasteiger partial charge in [-0.2, -0.15) is 0 Å². The molecule has 0 aliphatic carbocycles. The van der Waals surface area contributed by atoms with Gasteiger partial charge in [-0.05, 0) is 19.8 Å². The number of thiazole rings is 1. The number of rotatable bonds is 3. The summed E-state index contributed by atoms with van der Waals surface area (Å²) in [5.41, 5.74) is 0.443. The molecule has 0 amide bonds. The van der Waals surface area contributed by atoms with E-state index in [1.165, 1.54) is 32.1 Å². The molecular formula is C13H20N2O2S. The predicted octanol–water partition coefficient (Wildman–Crippen LogP) is 3.09. The molecule has 0 radical (unpaired) electrons. The summed E-state index contributed by atoms with van der Waals surface area (Å²) < 4.78 is 4.96. The molecule has 0 unspecified atom stereocenters. The summed E-state index contributed by atoms with van der Waals surface area (Å²) in [4.78, 5) is 18.3. The van der Waals surface area contributed by atoms with Crippen molar-refractivity contribution in [3.63, 3.8) is 0 Å². The second-order valence-corrected chi connectivity index (χ2v) is 5.33. The van der Waals surface area contributed by atoms with Crippen molar-refractivity contribution in [2.75, 3.05) is 24.6 Å². The minimum Gasteiger partial charge on any atom is -0.461 e. The lowest BCUT2D eigenvalue weighted by Crippen LogP contribution is -2.26. The first-order chi connectivity index (χ1) is 8.81. The molecule has 1 saturated heterocycles. The summed E-state index contributed by atoms with van der Waals surface area (Å²) in [5, 5.41) is 2.76. The maximum atomic E-state index is 11.6. The summed E-state index contributed by atoms with van der Waals surface area (Å²) >= 11 is 1.54. The number of nitrogens with zero attached hydrogens (tertiary/aromatic N) is 2. The maximum absolute atomic E-state index is 11.6. The van der Waals surface area contributed by atoms with Gasteiger partial charge >= 0.3 is 5.97 Å². The highest BCUT2D eigenvalue weighted by Gasteiger charge is 2.16. The highest BCUT2D eigenvalue weighted by Crippen LogP contribution is 2.23. The summed E-state index contributed by atoms with van der Waals surface area (Å²) in [6.45, 7) is 4.31. The van der Waals surface area contributed by atoms with E-state index in [1.54, 1.807) is 16.7 Å². The second kappa shape index (κ2) is 6.73. The van der Waals surface area contributed by atoms with Crippen LogP contribution in [0.2, 0.25) is 0 Å². The normalized spacial score (nSPS) is 17.1. The van der Waals surface area contributed by atoms with E-state index in [0.717, 1.165) is 18.2 Å². The van der Waals surface area contributed by atoms with Gasteiger partial charge in [-0.3, -0.25) is 0 Å². The molecule has 0 N–H and O–H groups in total. The van der Waals surface area contributed by atoms with Gasteiger partial charge in [0.2, 0.25) is 0 Å². The molecule has 0 bridgehead atoms. The lowest BCUT2D eigenvalue weighted by molar-refractivity contribution is 0.0520. The van der Waals surface area contributed by atoms with Crippen molar-refractivity contribution < 1.29 is 9.53 Å². The van der Waals surface area contributed by atoms with Crippen molar-refractivity contribution >= 4 is 22.4 Å². The molecule has 1 aromatic heterocycles. The van der Waals surface area contributed by atoms with Crippen LogP contribution in [0.25, 0.3) is 0 Å². The third-order valence-electron chi connectivity index (χ3n) is 3.10. The molecule has 1 aliphatic heterocycles. The van der Waals surface area contributed by atoms with E-state index in [4.69, 9.17) is 4.74 Å². The molecule has 1 aliphatic rings. The van der Waals surface area contributed by atoms with Gasteiger partial charge in [0.25, 0.3) is 0 Å². The number of aromatic nitrogens is 1. The third-order valence-corrected chi connectivity index (χ3v) is 4.00. The lowest BCUT2D eigenvalue weighted by Gasteiger charge is -2.23. The SMILES string of the molecule is CCOC(=O)c1csc(N2CCCCCCC2)n1. The van der Waals surface area contributed by atoms with Gasteiger partial charge in [0.1, 0.15) is 0 Å². The van der Waals surface area contributed by atoms with Crippen LogP contribution in [-0.4, -0.2) is 30.6 Å². The van der Waals surface area contributed by atoms with Gasteiger partial charge in [0, 0.05) is 18.5 Å². The average Bonchev–Trinajstić information content (AvgIpc) is 2.78. The Morgan fingerprint density at radius 3 is 2.67 bits per heavy atom. The number of carbonyl (C=O) groups excluding carboxylic acids is 1. The Morgan fingerprint density at radius 2 is 2.00 bits per heavy atom. The Labute approximate surface area is 112 Å².